The van der Waals surface area contributed by atoms with Crippen molar-refractivity contribution in [2.45, 2.75) is 44.9 Å². The van der Waals surface area contributed by atoms with Crippen LogP contribution in [0.3, 0.4) is 0 Å². The van der Waals surface area contributed by atoms with Gasteiger partial charge < -0.3 is 10.0 Å². The molecule has 3 nitrogen and oxygen atoms in total. The molecule has 0 saturated carbocycles. The fourth-order valence-electron chi connectivity index (χ4n) is 3.51. The van der Waals surface area contributed by atoms with Crippen LogP contribution in [0.25, 0.3) is 0 Å². The highest BCUT2D eigenvalue weighted by molar-refractivity contribution is 7.10. The van der Waals surface area contributed by atoms with E-state index in [0.717, 1.165) is 50.8 Å². The number of nitrogens with zero attached hydrogens (tertiary/aromatic N) is 1. The number of carbonyl (C=O) groups excluding carboxylic acids is 1. The van der Waals surface area contributed by atoms with Crippen LogP contribution in [0.1, 0.15) is 52.9 Å². The van der Waals surface area contributed by atoms with Crippen molar-refractivity contribution in [3.8, 4) is 0 Å². The topological polar surface area (TPSA) is 40.5 Å². The Bertz CT molecular complexity index is 481. The van der Waals surface area contributed by atoms with E-state index in [1.54, 1.807) is 11.3 Å². The monoisotopic (exact) mass is 293 g/mol. The molecule has 1 saturated heterocycles. The van der Waals surface area contributed by atoms with Gasteiger partial charge in [-0.3, -0.25) is 4.79 Å². The van der Waals surface area contributed by atoms with Crippen molar-refractivity contribution in [3.63, 3.8) is 0 Å². The predicted octanol–water partition coefficient (Wildman–Crippen LogP) is 2.86. The molecule has 1 aromatic heterocycles. The second-order valence-corrected chi connectivity index (χ2v) is 6.99. The van der Waals surface area contributed by atoms with Crippen LogP contribution in [-0.4, -0.2) is 35.6 Å². The summed E-state index contributed by atoms with van der Waals surface area (Å²) in [6, 6.07) is 0. The molecular formula is C16H23NO2S. The minimum atomic E-state index is 0.229. The van der Waals surface area contributed by atoms with E-state index in [9.17, 15) is 4.79 Å². The van der Waals surface area contributed by atoms with Crippen molar-refractivity contribution in [2.24, 2.45) is 5.92 Å². The summed E-state index contributed by atoms with van der Waals surface area (Å²) in [7, 11) is 0. The molecule has 1 aliphatic carbocycles. The maximum Gasteiger partial charge on any atom is 0.254 e. The first-order valence-electron chi connectivity index (χ1n) is 7.79. The number of piperidine rings is 1. The van der Waals surface area contributed by atoms with E-state index in [1.807, 2.05) is 4.90 Å². The number of amides is 1. The number of thiophene rings is 1. The molecule has 1 atom stereocenters. The predicted molar refractivity (Wildman–Crippen MR) is 81.3 cm³/mol. The second-order valence-electron chi connectivity index (χ2n) is 6.03. The number of rotatable bonds is 3. The van der Waals surface area contributed by atoms with E-state index in [4.69, 9.17) is 5.11 Å². The summed E-state index contributed by atoms with van der Waals surface area (Å²) in [4.78, 5) is 16.2. The van der Waals surface area contributed by atoms with Gasteiger partial charge in [0, 0.05) is 30.0 Å². The van der Waals surface area contributed by atoms with Crippen LogP contribution in [0.4, 0.5) is 0 Å². The number of carbonyl (C=O) groups is 1. The van der Waals surface area contributed by atoms with Crippen LogP contribution < -0.4 is 0 Å². The van der Waals surface area contributed by atoms with Gasteiger partial charge in [0.25, 0.3) is 5.91 Å². The molecule has 1 aromatic rings. The number of aliphatic hydroxyl groups is 1. The summed E-state index contributed by atoms with van der Waals surface area (Å²) in [5.41, 5.74) is 2.30. The summed E-state index contributed by atoms with van der Waals surface area (Å²) in [5, 5.41) is 11.2. The summed E-state index contributed by atoms with van der Waals surface area (Å²) < 4.78 is 0. The molecule has 3 rings (SSSR count). The van der Waals surface area contributed by atoms with Gasteiger partial charge in [0.05, 0.1) is 5.56 Å². The van der Waals surface area contributed by atoms with Gasteiger partial charge in [-0.2, -0.15) is 0 Å². The first-order valence-corrected chi connectivity index (χ1v) is 8.67. The Hall–Kier alpha value is -0.870. The largest absolute Gasteiger partial charge is 0.396 e. The SMILES string of the molecule is O=C(c1csc2c1CCCC2)N1CCCC(CCO)C1. The first kappa shape index (κ1) is 14.1. The zero-order chi connectivity index (χ0) is 13.9. The van der Waals surface area contributed by atoms with Crippen LogP contribution in [0, 0.1) is 5.92 Å². The fourth-order valence-corrected chi connectivity index (χ4v) is 4.63. The minimum Gasteiger partial charge on any atom is -0.396 e. The molecule has 2 heterocycles. The van der Waals surface area contributed by atoms with Crippen LogP contribution in [0.5, 0.6) is 0 Å². The molecule has 1 fully saturated rings. The van der Waals surface area contributed by atoms with Gasteiger partial charge in [-0.15, -0.1) is 11.3 Å². The first-order chi connectivity index (χ1) is 9.79. The number of aryl methyl sites for hydroxylation is 1. The maximum absolute atomic E-state index is 12.8. The van der Waals surface area contributed by atoms with Gasteiger partial charge >= 0.3 is 0 Å². The van der Waals surface area contributed by atoms with Crippen LogP contribution in [0.2, 0.25) is 0 Å². The van der Waals surface area contributed by atoms with E-state index in [-0.39, 0.29) is 12.5 Å². The van der Waals surface area contributed by atoms with E-state index in [1.165, 1.54) is 23.3 Å². The molecule has 1 aliphatic heterocycles. The molecule has 1 unspecified atom stereocenters. The Kier molecular flexibility index (Phi) is 4.41. The van der Waals surface area contributed by atoms with Crippen molar-refractivity contribution < 1.29 is 9.90 Å². The minimum absolute atomic E-state index is 0.229. The lowest BCUT2D eigenvalue weighted by molar-refractivity contribution is 0.0653. The summed E-state index contributed by atoms with van der Waals surface area (Å²) in [6.45, 7) is 1.94. The summed E-state index contributed by atoms with van der Waals surface area (Å²) in [5.74, 6) is 0.708. The molecule has 0 spiro atoms. The number of aliphatic hydroxyl groups excluding tert-OH is 1. The van der Waals surface area contributed by atoms with Gasteiger partial charge in [0.2, 0.25) is 0 Å². The number of hydrogen-bond donors (Lipinski definition) is 1. The van der Waals surface area contributed by atoms with Crippen LogP contribution >= 0.6 is 11.3 Å². The molecule has 2 aliphatic rings. The normalized spacial score (nSPS) is 22.6. The molecular weight excluding hydrogens is 270 g/mol. The zero-order valence-electron chi connectivity index (χ0n) is 11.9. The Labute approximate surface area is 124 Å². The standard InChI is InChI=1S/C16H23NO2S/c18-9-7-12-4-3-8-17(10-12)16(19)14-11-20-15-6-2-1-5-13(14)15/h11-12,18H,1-10H2. The van der Waals surface area contributed by atoms with E-state index in [0.29, 0.717) is 5.92 Å². The van der Waals surface area contributed by atoms with Gasteiger partial charge in [-0.25, -0.2) is 0 Å². The molecule has 0 radical (unpaired) electrons. The van der Waals surface area contributed by atoms with Crippen molar-refractivity contribution in [2.75, 3.05) is 19.7 Å². The summed E-state index contributed by atoms with van der Waals surface area (Å²) in [6.07, 6.45) is 7.76. The fraction of sp³-hybridized carbons (Fsp3) is 0.688. The Morgan fingerprint density at radius 3 is 3.05 bits per heavy atom. The van der Waals surface area contributed by atoms with E-state index in [2.05, 4.69) is 5.38 Å². The summed E-state index contributed by atoms with van der Waals surface area (Å²) >= 11 is 1.77. The van der Waals surface area contributed by atoms with Crippen molar-refractivity contribution in [3.05, 3.63) is 21.4 Å². The highest BCUT2D eigenvalue weighted by Gasteiger charge is 2.27. The van der Waals surface area contributed by atoms with Gasteiger partial charge in [0.1, 0.15) is 0 Å². The average molecular weight is 293 g/mol. The average Bonchev–Trinajstić information content (AvgIpc) is 2.91. The quantitative estimate of drug-likeness (QED) is 0.931. The van der Waals surface area contributed by atoms with Crippen molar-refractivity contribution in [1.82, 2.24) is 4.90 Å². The van der Waals surface area contributed by atoms with E-state index >= 15 is 0 Å². The Morgan fingerprint density at radius 2 is 2.20 bits per heavy atom. The zero-order valence-corrected chi connectivity index (χ0v) is 12.8. The highest BCUT2D eigenvalue weighted by Crippen LogP contribution is 2.32. The molecule has 4 heteroatoms. The van der Waals surface area contributed by atoms with Gasteiger partial charge in [-0.05, 0) is 56.4 Å². The van der Waals surface area contributed by atoms with Crippen molar-refractivity contribution in [1.29, 1.82) is 0 Å². The number of likely N-dealkylation sites (tertiary alicyclic amines) is 1. The molecule has 110 valence electrons. The lowest BCUT2D eigenvalue weighted by Gasteiger charge is -2.32. The molecule has 20 heavy (non-hydrogen) atoms. The Morgan fingerprint density at radius 1 is 1.35 bits per heavy atom. The molecule has 1 amide bonds. The second kappa shape index (κ2) is 6.27. The number of hydrogen-bond acceptors (Lipinski definition) is 3. The lowest BCUT2D eigenvalue weighted by atomic mass is 9.93. The Balaban J connectivity index is 1.73. The maximum atomic E-state index is 12.8. The van der Waals surface area contributed by atoms with Gasteiger partial charge in [0.15, 0.2) is 0 Å². The van der Waals surface area contributed by atoms with Crippen LogP contribution in [-0.2, 0) is 12.8 Å². The highest BCUT2D eigenvalue weighted by atomic mass is 32.1. The third kappa shape index (κ3) is 2.77. The lowest BCUT2D eigenvalue weighted by Crippen LogP contribution is -2.40. The third-order valence-corrected chi connectivity index (χ3v) is 5.72. The van der Waals surface area contributed by atoms with E-state index < -0.39 is 0 Å². The smallest absolute Gasteiger partial charge is 0.254 e. The molecule has 1 N–H and O–H groups in total. The third-order valence-electron chi connectivity index (χ3n) is 4.64. The number of fused-ring (bicyclic) bond motifs is 1. The van der Waals surface area contributed by atoms with Gasteiger partial charge in [-0.1, -0.05) is 0 Å². The van der Waals surface area contributed by atoms with Crippen molar-refractivity contribution >= 4 is 17.2 Å². The molecule has 0 bridgehead atoms. The molecule has 0 aromatic carbocycles. The van der Waals surface area contributed by atoms with Crippen LogP contribution in [0.15, 0.2) is 5.38 Å².